The van der Waals surface area contributed by atoms with Gasteiger partial charge in [0.25, 0.3) is 0 Å². The molecule has 0 atom stereocenters. The monoisotopic (exact) mass is 307 g/mol. The molecule has 0 saturated carbocycles. The fraction of sp³-hybridized carbons (Fsp3) is 0.158. The summed E-state index contributed by atoms with van der Waals surface area (Å²) in [7, 11) is 0. The van der Waals surface area contributed by atoms with Crippen LogP contribution < -0.4 is 0 Å². The van der Waals surface area contributed by atoms with Crippen molar-refractivity contribution in [2.24, 2.45) is 0 Å². The van der Waals surface area contributed by atoms with Crippen LogP contribution in [0.4, 0.5) is 0 Å². The van der Waals surface area contributed by atoms with E-state index in [1.807, 2.05) is 48.7 Å². The molecule has 1 aliphatic carbocycles. The van der Waals surface area contributed by atoms with E-state index in [4.69, 9.17) is 0 Å². The number of Topliss-reactive ketones (excluding diaryl/α,β-unsaturated/α-hetero) is 1. The fourth-order valence-corrected chi connectivity index (χ4v) is 3.07. The first-order valence-electron chi connectivity index (χ1n) is 7.30. The average molecular weight is 307 g/mol. The van der Waals surface area contributed by atoms with Gasteiger partial charge in [0, 0.05) is 10.9 Å². The Balaban J connectivity index is 1.73. The van der Waals surface area contributed by atoms with E-state index < -0.39 is 0 Å². The molecule has 0 radical (unpaired) electrons. The molecule has 1 aromatic heterocycles. The number of aryl methyl sites for hydroxylation is 1. The van der Waals surface area contributed by atoms with Crippen molar-refractivity contribution < 1.29 is 4.79 Å². The van der Waals surface area contributed by atoms with E-state index in [2.05, 4.69) is 23.2 Å². The van der Waals surface area contributed by atoms with Gasteiger partial charge < -0.3 is 0 Å². The number of allylic oxidation sites excluding steroid dienone is 6. The van der Waals surface area contributed by atoms with Gasteiger partial charge in [0.15, 0.2) is 5.78 Å². The van der Waals surface area contributed by atoms with Crippen LogP contribution in [0.2, 0.25) is 0 Å². The topological polar surface area (TPSA) is 30.0 Å². The molecule has 110 valence electrons. The Bertz CT molecular complexity index is 763. The highest BCUT2D eigenvalue weighted by Gasteiger charge is 2.11. The van der Waals surface area contributed by atoms with E-state index in [9.17, 15) is 4.79 Å². The van der Waals surface area contributed by atoms with Crippen LogP contribution in [0.15, 0.2) is 60.0 Å². The van der Waals surface area contributed by atoms with E-state index in [1.54, 1.807) is 11.3 Å². The minimum absolute atomic E-state index is 0.118. The van der Waals surface area contributed by atoms with Crippen molar-refractivity contribution in [2.45, 2.75) is 19.8 Å². The molecule has 0 spiro atoms. The molecule has 0 unspecified atom stereocenters. The Hall–Kier alpha value is -2.26. The van der Waals surface area contributed by atoms with Crippen molar-refractivity contribution in [3.8, 4) is 0 Å². The van der Waals surface area contributed by atoms with Gasteiger partial charge in [-0.05, 0) is 18.9 Å². The molecule has 0 N–H and O–H groups in total. The van der Waals surface area contributed by atoms with Gasteiger partial charge in [-0.25, -0.2) is 4.98 Å². The van der Waals surface area contributed by atoms with Gasteiger partial charge in [0.05, 0.1) is 12.1 Å². The zero-order chi connectivity index (χ0) is 15.4. The number of carbonyl (C=O) groups excluding carboxylic acids is 1. The molecule has 0 amide bonds. The minimum Gasteiger partial charge on any atom is -0.294 e. The lowest BCUT2D eigenvalue weighted by Crippen LogP contribution is -2.03. The lowest BCUT2D eigenvalue weighted by Gasteiger charge is -1.99. The van der Waals surface area contributed by atoms with Crippen molar-refractivity contribution in [1.29, 1.82) is 0 Å². The number of carbonyl (C=O) groups is 1. The van der Waals surface area contributed by atoms with Gasteiger partial charge >= 0.3 is 0 Å². The van der Waals surface area contributed by atoms with Crippen molar-refractivity contribution in [3.05, 3.63) is 81.9 Å². The maximum Gasteiger partial charge on any atom is 0.169 e. The number of hydrogen-bond donors (Lipinski definition) is 0. The third-order valence-corrected chi connectivity index (χ3v) is 4.38. The zero-order valence-corrected chi connectivity index (χ0v) is 13.3. The smallest absolute Gasteiger partial charge is 0.169 e. The van der Waals surface area contributed by atoms with E-state index in [0.717, 1.165) is 33.8 Å². The van der Waals surface area contributed by atoms with Crippen LogP contribution in [0.25, 0.3) is 5.57 Å². The molecule has 3 rings (SSSR count). The summed E-state index contributed by atoms with van der Waals surface area (Å²) >= 11 is 1.55. The first-order chi connectivity index (χ1) is 10.7. The second-order valence-electron chi connectivity index (χ2n) is 5.27. The number of benzene rings is 1. The predicted octanol–water partition coefficient (Wildman–Crippen LogP) is 4.78. The average Bonchev–Trinajstić information content (AvgIpc) is 2.81. The molecule has 0 saturated heterocycles. The molecule has 0 fully saturated rings. The summed E-state index contributed by atoms with van der Waals surface area (Å²) in [5, 5.41) is 2.89. The number of aromatic nitrogens is 1. The van der Waals surface area contributed by atoms with Crippen molar-refractivity contribution in [2.75, 3.05) is 0 Å². The van der Waals surface area contributed by atoms with Crippen LogP contribution >= 0.6 is 11.3 Å². The highest BCUT2D eigenvalue weighted by atomic mass is 32.1. The molecule has 2 nitrogen and oxygen atoms in total. The maximum absolute atomic E-state index is 12.3. The van der Waals surface area contributed by atoms with Gasteiger partial charge in [-0.2, -0.15) is 0 Å². The summed E-state index contributed by atoms with van der Waals surface area (Å²) in [5.41, 5.74) is 3.99. The summed E-state index contributed by atoms with van der Waals surface area (Å²) in [6.45, 7) is 2.02. The first-order valence-corrected chi connectivity index (χ1v) is 8.18. The summed E-state index contributed by atoms with van der Waals surface area (Å²) < 4.78 is 0. The fourth-order valence-electron chi connectivity index (χ4n) is 2.27. The minimum atomic E-state index is 0.118. The number of thiazole rings is 1. The number of hydrogen-bond acceptors (Lipinski definition) is 3. The van der Waals surface area contributed by atoms with Gasteiger partial charge in [0.1, 0.15) is 5.01 Å². The number of ketones is 1. The Kier molecular flexibility index (Phi) is 4.45. The van der Waals surface area contributed by atoms with Gasteiger partial charge in [-0.1, -0.05) is 60.2 Å². The third-order valence-electron chi connectivity index (χ3n) is 3.53. The molecular weight excluding hydrogens is 290 g/mol. The van der Waals surface area contributed by atoms with Gasteiger partial charge in [-0.3, -0.25) is 4.79 Å². The van der Waals surface area contributed by atoms with Crippen LogP contribution in [0.3, 0.4) is 0 Å². The Labute approximate surface area is 134 Å². The lowest BCUT2D eigenvalue weighted by atomic mass is 10.1. The van der Waals surface area contributed by atoms with Gasteiger partial charge in [-0.15, -0.1) is 11.3 Å². The highest BCUT2D eigenvalue weighted by Crippen LogP contribution is 2.22. The molecule has 2 aromatic rings. The van der Waals surface area contributed by atoms with Crippen molar-refractivity contribution in [3.63, 3.8) is 0 Å². The Morgan fingerprint density at radius 2 is 2.05 bits per heavy atom. The van der Waals surface area contributed by atoms with E-state index in [1.165, 1.54) is 0 Å². The van der Waals surface area contributed by atoms with Crippen LogP contribution in [-0.2, 0) is 6.42 Å². The summed E-state index contributed by atoms with van der Waals surface area (Å²) in [6.07, 6.45) is 11.7. The lowest BCUT2D eigenvalue weighted by molar-refractivity contribution is 0.0993. The Morgan fingerprint density at radius 1 is 1.23 bits per heavy atom. The van der Waals surface area contributed by atoms with E-state index >= 15 is 0 Å². The van der Waals surface area contributed by atoms with Crippen molar-refractivity contribution in [1.82, 2.24) is 4.98 Å². The number of rotatable bonds is 4. The summed E-state index contributed by atoms with van der Waals surface area (Å²) in [5.74, 6) is 0.118. The van der Waals surface area contributed by atoms with Crippen LogP contribution in [0.1, 0.15) is 33.0 Å². The maximum atomic E-state index is 12.3. The third kappa shape index (κ3) is 3.49. The van der Waals surface area contributed by atoms with Crippen LogP contribution in [0.5, 0.6) is 0 Å². The Morgan fingerprint density at radius 3 is 2.86 bits per heavy atom. The number of nitrogens with zero attached hydrogens (tertiary/aromatic N) is 1. The van der Waals surface area contributed by atoms with E-state index in [0.29, 0.717) is 6.42 Å². The molecule has 1 aliphatic rings. The predicted molar refractivity (Wildman–Crippen MR) is 92.2 cm³/mol. The molecule has 1 heterocycles. The van der Waals surface area contributed by atoms with E-state index in [-0.39, 0.29) is 5.78 Å². The molecular formula is C19H17NOS. The van der Waals surface area contributed by atoms with Crippen LogP contribution in [0, 0.1) is 6.92 Å². The van der Waals surface area contributed by atoms with Gasteiger partial charge in [0.2, 0.25) is 0 Å². The molecule has 0 bridgehead atoms. The van der Waals surface area contributed by atoms with Crippen LogP contribution in [-0.4, -0.2) is 10.8 Å². The highest BCUT2D eigenvalue weighted by molar-refractivity contribution is 7.09. The standard InChI is InChI=1S/C19H17NOS/c1-14-8-10-16(11-9-14)18(21)12-19-20-17(13-22-19)15-6-4-2-3-5-7-15/h2-4,6-11,13H,5,12H2,1H3. The largest absolute Gasteiger partial charge is 0.294 e. The second kappa shape index (κ2) is 6.67. The summed E-state index contributed by atoms with van der Waals surface area (Å²) in [4.78, 5) is 16.9. The second-order valence-corrected chi connectivity index (χ2v) is 6.22. The quantitative estimate of drug-likeness (QED) is 0.761. The zero-order valence-electron chi connectivity index (χ0n) is 12.5. The SMILES string of the molecule is Cc1ccc(C(=O)Cc2nc(C3=CCC=CC=C3)cs2)cc1. The molecule has 22 heavy (non-hydrogen) atoms. The first kappa shape index (κ1) is 14.7. The summed E-state index contributed by atoms with van der Waals surface area (Å²) in [6, 6.07) is 7.70. The van der Waals surface area contributed by atoms with Crippen molar-refractivity contribution >= 4 is 22.7 Å². The molecule has 1 aromatic carbocycles. The molecule has 3 heteroatoms. The normalized spacial score (nSPS) is 13.8. The molecule has 0 aliphatic heterocycles.